The predicted octanol–water partition coefficient (Wildman–Crippen LogP) is 3.63. The minimum Gasteiger partial charge on any atom is -0.478 e. The second kappa shape index (κ2) is 7.16. The van der Waals surface area contributed by atoms with Crippen molar-refractivity contribution in [2.45, 2.75) is 76.8 Å². The van der Waals surface area contributed by atoms with Gasteiger partial charge in [-0.05, 0) is 31.6 Å². The Bertz CT molecular complexity index is 554. The van der Waals surface area contributed by atoms with E-state index in [2.05, 4.69) is 10.00 Å². The number of nitrogens with zero attached hydrogens (tertiary/aromatic N) is 3. The third-order valence-corrected chi connectivity index (χ3v) is 5.98. The Balaban J connectivity index is 1.56. The molecule has 2 fully saturated rings. The van der Waals surface area contributed by atoms with Crippen molar-refractivity contribution in [2.24, 2.45) is 5.92 Å². The number of carbonyl (C=O) groups is 1. The van der Waals surface area contributed by atoms with E-state index in [9.17, 15) is 4.79 Å². The van der Waals surface area contributed by atoms with Gasteiger partial charge in [-0.25, -0.2) is 4.68 Å². The van der Waals surface area contributed by atoms with Crippen LogP contribution >= 0.6 is 0 Å². The van der Waals surface area contributed by atoms with Crippen LogP contribution in [0.25, 0.3) is 0 Å². The first kappa shape index (κ1) is 16.0. The molecule has 3 heterocycles. The average Bonchev–Trinajstić information content (AvgIpc) is 2.91. The Kier molecular flexibility index (Phi) is 4.76. The molecule has 1 saturated carbocycles. The van der Waals surface area contributed by atoms with Crippen LogP contribution in [-0.2, 0) is 6.54 Å². The number of likely N-dealkylation sites (tertiary alicyclic amines) is 1. The van der Waals surface area contributed by atoms with Crippen LogP contribution < -0.4 is 4.74 Å². The number of amides is 1. The van der Waals surface area contributed by atoms with Crippen molar-refractivity contribution in [3.63, 3.8) is 0 Å². The van der Waals surface area contributed by atoms with Gasteiger partial charge < -0.3 is 9.64 Å². The first-order valence-corrected chi connectivity index (χ1v) is 9.84. The maximum Gasteiger partial charge on any atom is 0.274 e. The van der Waals surface area contributed by atoms with Gasteiger partial charge in [0, 0.05) is 31.6 Å². The molecule has 0 radical (unpaired) electrons. The molecular weight excluding hydrogens is 302 g/mol. The number of fused-ring (bicyclic) bond motifs is 1. The van der Waals surface area contributed by atoms with Crippen LogP contribution in [0, 0.1) is 5.92 Å². The molecule has 0 N–H and O–H groups in total. The lowest BCUT2D eigenvalue weighted by atomic mass is 9.81. The molecule has 1 aliphatic carbocycles. The van der Waals surface area contributed by atoms with E-state index in [0.717, 1.165) is 38.4 Å². The molecule has 132 valence electrons. The van der Waals surface area contributed by atoms with Crippen LogP contribution in [-0.4, -0.2) is 39.8 Å². The molecule has 1 aromatic heterocycles. The van der Waals surface area contributed by atoms with E-state index in [0.29, 0.717) is 17.7 Å². The Hall–Kier alpha value is -1.52. The van der Waals surface area contributed by atoms with Gasteiger partial charge in [0.25, 0.3) is 5.91 Å². The summed E-state index contributed by atoms with van der Waals surface area (Å²) in [7, 11) is 0. The van der Waals surface area contributed by atoms with E-state index < -0.39 is 0 Å². The van der Waals surface area contributed by atoms with E-state index in [4.69, 9.17) is 4.74 Å². The number of aromatic nitrogens is 2. The molecule has 5 nitrogen and oxygen atoms in total. The van der Waals surface area contributed by atoms with Crippen LogP contribution in [0.1, 0.15) is 74.7 Å². The maximum atomic E-state index is 13.2. The van der Waals surface area contributed by atoms with E-state index in [1.807, 2.05) is 10.7 Å². The summed E-state index contributed by atoms with van der Waals surface area (Å²) in [5.74, 6) is 1.57. The van der Waals surface area contributed by atoms with E-state index in [1.54, 1.807) is 0 Å². The summed E-state index contributed by atoms with van der Waals surface area (Å²) in [5.41, 5.74) is 0.578. The molecule has 1 saturated heterocycles. The van der Waals surface area contributed by atoms with Crippen molar-refractivity contribution in [1.29, 1.82) is 0 Å². The summed E-state index contributed by atoms with van der Waals surface area (Å²) in [5, 5.41) is 4.54. The Morgan fingerprint density at radius 1 is 1.00 bits per heavy atom. The Morgan fingerprint density at radius 2 is 1.79 bits per heavy atom. The minimum atomic E-state index is 0.123. The fourth-order valence-electron chi connectivity index (χ4n) is 4.71. The zero-order chi connectivity index (χ0) is 16.4. The molecule has 1 aromatic rings. The second-order valence-corrected chi connectivity index (χ2v) is 7.61. The number of ether oxygens (including phenoxy) is 1. The molecule has 24 heavy (non-hydrogen) atoms. The van der Waals surface area contributed by atoms with E-state index in [-0.39, 0.29) is 5.91 Å². The average molecular weight is 331 g/mol. The molecule has 3 aliphatic rings. The van der Waals surface area contributed by atoms with Crippen LogP contribution in [0.2, 0.25) is 0 Å². The van der Waals surface area contributed by atoms with Crippen LogP contribution in [0.5, 0.6) is 5.88 Å². The lowest BCUT2D eigenvalue weighted by Gasteiger charge is -2.37. The molecular formula is C19H29N3O2. The highest BCUT2D eigenvalue weighted by Gasteiger charge is 2.34. The van der Waals surface area contributed by atoms with E-state index in [1.165, 1.54) is 51.4 Å². The van der Waals surface area contributed by atoms with E-state index >= 15 is 0 Å². The summed E-state index contributed by atoms with van der Waals surface area (Å²) >= 11 is 0. The first-order chi connectivity index (χ1) is 11.8. The molecule has 1 amide bonds. The predicted molar refractivity (Wildman–Crippen MR) is 92.2 cm³/mol. The monoisotopic (exact) mass is 331 g/mol. The largest absolute Gasteiger partial charge is 0.478 e. The third-order valence-electron chi connectivity index (χ3n) is 5.98. The number of hydrogen-bond acceptors (Lipinski definition) is 3. The minimum absolute atomic E-state index is 0.123. The van der Waals surface area contributed by atoms with Crippen molar-refractivity contribution in [2.75, 3.05) is 13.2 Å². The summed E-state index contributed by atoms with van der Waals surface area (Å²) in [6.07, 6.45) is 12.4. The van der Waals surface area contributed by atoms with Gasteiger partial charge in [0.2, 0.25) is 5.88 Å². The zero-order valence-electron chi connectivity index (χ0n) is 14.6. The van der Waals surface area contributed by atoms with Crippen molar-refractivity contribution < 1.29 is 9.53 Å². The molecule has 2 aliphatic heterocycles. The molecule has 0 unspecified atom stereocenters. The van der Waals surface area contributed by atoms with Crippen molar-refractivity contribution >= 4 is 5.91 Å². The molecule has 0 spiro atoms. The SMILES string of the molecule is O=C(c1cc2n(n1)CCCO2)N1CCCCC[C@H]1C1CCCCC1. The van der Waals surface area contributed by atoms with Crippen LogP contribution in [0.3, 0.4) is 0 Å². The van der Waals surface area contributed by atoms with Crippen molar-refractivity contribution in [1.82, 2.24) is 14.7 Å². The smallest absolute Gasteiger partial charge is 0.274 e. The molecule has 1 atom stereocenters. The number of aryl methyl sites for hydroxylation is 1. The van der Waals surface area contributed by atoms with Crippen LogP contribution in [0.15, 0.2) is 6.07 Å². The van der Waals surface area contributed by atoms with Gasteiger partial charge in [-0.3, -0.25) is 4.79 Å². The van der Waals surface area contributed by atoms with Gasteiger partial charge >= 0.3 is 0 Å². The summed E-state index contributed by atoms with van der Waals surface area (Å²) in [6.45, 7) is 2.48. The lowest BCUT2D eigenvalue weighted by molar-refractivity contribution is 0.0568. The van der Waals surface area contributed by atoms with Crippen LogP contribution in [0.4, 0.5) is 0 Å². The second-order valence-electron chi connectivity index (χ2n) is 7.61. The first-order valence-electron chi connectivity index (χ1n) is 9.84. The highest BCUT2D eigenvalue weighted by molar-refractivity contribution is 5.93. The fraction of sp³-hybridized carbons (Fsp3) is 0.789. The van der Waals surface area contributed by atoms with Crippen molar-refractivity contribution in [3.8, 4) is 5.88 Å². The summed E-state index contributed by atoms with van der Waals surface area (Å²) < 4.78 is 7.49. The summed E-state index contributed by atoms with van der Waals surface area (Å²) in [6, 6.07) is 2.27. The van der Waals surface area contributed by atoms with Crippen molar-refractivity contribution in [3.05, 3.63) is 11.8 Å². The molecule has 4 rings (SSSR count). The number of rotatable bonds is 2. The highest BCUT2D eigenvalue weighted by atomic mass is 16.5. The molecule has 0 aromatic carbocycles. The van der Waals surface area contributed by atoms with Gasteiger partial charge in [0.05, 0.1) is 6.61 Å². The highest BCUT2D eigenvalue weighted by Crippen LogP contribution is 2.34. The Labute approximate surface area is 144 Å². The normalized spacial score (nSPS) is 25.7. The van der Waals surface area contributed by atoms with Gasteiger partial charge in [-0.2, -0.15) is 5.10 Å². The van der Waals surface area contributed by atoms with Gasteiger partial charge in [0.1, 0.15) is 0 Å². The standard InChI is InChI=1S/C19H29N3O2/c23-19(16-14-18-22(20-16)12-7-13-24-18)21-11-6-2-5-10-17(21)15-8-3-1-4-9-15/h14-15,17H,1-13H2/t17-/m0/s1. The molecule has 0 bridgehead atoms. The molecule has 5 heteroatoms. The number of hydrogen-bond donors (Lipinski definition) is 0. The van der Waals surface area contributed by atoms with Gasteiger partial charge in [0.15, 0.2) is 5.69 Å². The van der Waals surface area contributed by atoms with Gasteiger partial charge in [-0.15, -0.1) is 0 Å². The summed E-state index contributed by atoms with van der Waals surface area (Å²) in [4.78, 5) is 15.4. The van der Waals surface area contributed by atoms with Gasteiger partial charge in [-0.1, -0.05) is 32.1 Å². The fourth-order valence-corrected chi connectivity index (χ4v) is 4.71. The Morgan fingerprint density at radius 3 is 2.62 bits per heavy atom. The maximum absolute atomic E-state index is 13.2. The topological polar surface area (TPSA) is 47.4 Å². The quantitative estimate of drug-likeness (QED) is 0.831. The lowest BCUT2D eigenvalue weighted by Crippen LogP contribution is -2.45. The number of carbonyl (C=O) groups excluding carboxylic acids is 1. The zero-order valence-corrected chi connectivity index (χ0v) is 14.6. The third kappa shape index (κ3) is 3.17.